The predicted octanol–water partition coefficient (Wildman–Crippen LogP) is 2.40. The Hall–Kier alpha value is -0.790. The quantitative estimate of drug-likeness (QED) is 0.643. The third-order valence-electron chi connectivity index (χ3n) is 3.99. The SMILES string of the molecule is c1ccc(CN2C[C@@H]3OCC4=C(NI=N4)[C@@H]3C2)cc1. The van der Waals surface area contributed by atoms with Crippen LogP contribution in [-0.4, -0.2) is 30.7 Å². The van der Waals surface area contributed by atoms with Crippen molar-refractivity contribution in [2.24, 2.45) is 9.06 Å². The molecule has 1 aromatic carbocycles. The molecule has 100 valence electrons. The lowest BCUT2D eigenvalue weighted by molar-refractivity contribution is 0.0433. The first-order valence-electron chi connectivity index (χ1n) is 6.61. The van der Waals surface area contributed by atoms with E-state index in [2.05, 4.69) is 41.9 Å². The zero-order chi connectivity index (χ0) is 12.7. The van der Waals surface area contributed by atoms with Crippen LogP contribution in [0.4, 0.5) is 0 Å². The average Bonchev–Trinajstić information content (AvgIpc) is 3.04. The van der Waals surface area contributed by atoms with Gasteiger partial charge in [0.2, 0.25) is 0 Å². The fourth-order valence-corrected chi connectivity index (χ4v) is 4.84. The number of nitrogens with zero attached hydrogens (tertiary/aromatic N) is 2. The summed E-state index contributed by atoms with van der Waals surface area (Å²) in [4.78, 5) is 2.50. The van der Waals surface area contributed by atoms with E-state index in [1.165, 1.54) is 17.0 Å². The van der Waals surface area contributed by atoms with Gasteiger partial charge in [0.25, 0.3) is 0 Å². The van der Waals surface area contributed by atoms with Crippen LogP contribution in [0, 0.1) is 5.92 Å². The molecular weight excluding hydrogens is 353 g/mol. The molecule has 1 saturated heterocycles. The number of ether oxygens (including phenoxy) is 1. The van der Waals surface area contributed by atoms with Gasteiger partial charge in [0, 0.05) is 25.6 Å². The van der Waals surface area contributed by atoms with Gasteiger partial charge in [-0.15, -0.1) is 0 Å². The largest absolute Gasteiger partial charge is 0.370 e. The summed E-state index contributed by atoms with van der Waals surface area (Å²) in [5.74, 6) is 0.512. The Labute approximate surface area is 123 Å². The number of halogens is 1. The smallest absolute Gasteiger partial charge is 0.118 e. The molecule has 4 rings (SSSR count). The fourth-order valence-electron chi connectivity index (χ4n) is 3.06. The van der Waals surface area contributed by atoms with E-state index in [9.17, 15) is 0 Å². The number of hydrogen-bond acceptors (Lipinski definition) is 4. The molecule has 0 unspecified atom stereocenters. The molecule has 3 aliphatic rings. The summed E-state index contributed by atoms with van der Waals surface area (Å²) in [6.45, 7) is 3.86. The van der Waals surface area contributed by atoms with E-state index in [4.69, 9.17) is 4.74 Å². The third-order valence-corrected chi connectivity index (χ3v) is 5.64. The number of nitrogens with one attached hydrogen (secondary N) is 1. The van der Waals surface area contributed by atoms with Crippen molar-refractivity contribution in [1.29, 1.82) is 0 Å². The van der Waals surface area contributed by atoms with Crippen molar-refractivity contribution in [3.05, 3.63) is 47.3 Å². The Morgan fingerprint density at radius 1 is 1.32 bits per heavy atom. The van der Waals surface area contributed by atoms with Gasteiger partial charge in [-0.25, -0.2) is 3.15 Å². The van der Waals surface area contributed by atoms with Crippen LogP contribution in [0.15, 0.2) is 44.9 Å². The maximum absolute atomic E-state index is 5.97. The van der Waals surface area contributed by atoms with E-state index >= 15 is 0 Å². The van der Waals surface area contributed by atoms with Crippen molar-refractivity contribution >= 4 is 21.3 Å². The predicted molar refractivity (Wildman–Crippen MR) is 81.6 cm³/mol. The van der Waals surface area contributed by atoms with Gasteiger partial charge >= 0.3 is 0 Å². The van der Waals surface area contributed by atoms with Crippen LogP contribution in [0.5, 0.6) is 0 Å². The van der Waals surface area contributed by atoms with Crippen molar-refractivity contribution in [2.45, 2.75) is 12.6 Å². The first-order valence-corrected chi connectivity index (χ1v) is 8.65. The molecule has 1 fully saturated rings. The van der Waals surface area contributed by atoms with E-state index in [0.717, 1.165) is 19.6 Å². The summed E-state index contributed by atoms with van der Waals surface area (Å²) in [5, 5.41) is 0. The standard InChI is InChI=1S/C14H16IN3O/c1-2-4-10(5-3-1)6-18-7-11-13(8-18)19-9-12-14(11)17-15-16-12/h1-5,11,13H,6-9H2,(H,16,17)/t11-,13+/m1/s1. The number of rotatable bonds is 2. The van der Waals surface area contributed by atoms with Crippen LogP contribution in [0.2, 0.25) is 0 Å². The number of hydrogen-bond donors (Lipinski definition) is 1. The average molecular weight is 369 g/mol. The van der Waals surface area contributed by atoms with Crippen molar-refractivity contribution in [2.75, 3.05) is 19.7 Å². The van der Waals surface area contributed by atoms with Crippen LogP contribution < -0.4 is 3.53 Å². The summed E-state index contributed by atoms with van der Waals surface area (Å²) in [7, 11) is 0. The van der Waals surface area contributed by atoms with Gasteiger partial charge in [0.05, 0.1) is 24.1 Å². The van der Waals surface area contributed by atoms with Crippen molar-refractivity contribution < 1.29 is 4.74 Å². The van der Waals surface area contributed by atoms with Crippen molar-refractivity contribution in [3.8, 4) is 0 Å². The monoisotopic (exact) mass is 369 g/mol. The second-order valence-corrected chi connectivity index (χ2v) is 6.76. The molecule has 0 aromatic heterocycles. The molecule has 0 amide bonds. The summed E-state index contributed by atoms with van der Waals surface area (Å²) >= 11 is -0.197. The number of benzene rings is 1. The van der Waals surface area contributed by atoms with Gasteiger partial charge in [-0.1, -0.05) is 30.3 Å². The molecule has 19 heavy (non-hydrogen) atoms. The molecule has 0 radical (unpaired) electrons. The Bertz CT molecular complexity index is 543. The van der Waals surface area contributed by atoms with Crippen LogP contribution in [0.1, 0.15) is 5.56 Å². The van der Waals surface area contributed by atoms with E-state index < -0.39 is 0 Å². The minimum absolute atomic E-state index is 0.197. The fraction of sp³-hybridized carbons (Fsp3) is 0.429. The molecule has 2 atom stereocenters. The van der Waals surface area contributed by atoms with E-state index in [1.807, 2.05) is 0 Å². The van der Waals surface area contributed by atoms with Gasteiger partial charge in [-0.3, -0.25) is 4.90 Å². The van der Waals surface area contributed by atoms with Gasteiger partial charge in [-0.2, -0.15) is 0 Å². The zero-order valence-corrected chi connectivity index (χ0v) is 12.7. The van der Waals surface area contributed by atoms with Gasteiger partial charge in [0.1, 0.15) is 21.3 Å². The molecule has 0 bridgehead atoms. The van der Waals surface area contributed by atoms with Crippen LogP contribution in [0.25, 0.3) is 0 Å². The minimum atomic E-state index is -0.197. The highest BCUT2D eigenvalue weighted by atomic mass is 127. The lowest BCUT2D eigenvalue weighted by atomic mass is 9.99. The Morgan fingerprint density at radius 2 is 2.21 bits per heavy atom. The highest BCUT2D eigenvalue weighted by Crippen LogP contribution is 2.37. The van der Waals surface area contributed by atoms with Crippen LogP contribution in [-0.2, 0) is 11.3 Å². The summed E-state index contributed by atoms with van der Waals surface area (Å²) in [6.07, 6.45) is 0.354. The second-order valence-electron chi connectivity index (χ2n) is 5.26. The summed E-state index contributed by atoms with van der Waals surface area (Å²) in [5.41, 5.74) is 3.96. The van der Waals surface area contributed by atoms with Gasteiger partial charge < -0.3 is 8.27 Å². The van der Waals surface area contributed by atoms with Crippen LogP contribution in [0.3, 0.4) is 0 Å². The first kappa shape index (κ1) is 12.0. The van der Waals surface area contributed by atoms with Crippen molar-refractivity contribution in [3.63, 3.8) is 0 Å². The second kappa shape index (κ2) is 4.96. The minimum Gasteiger partial charge on any atom is -0.370 e. The molecule has 5 heteroatoms. The Kier molecular flexibility index (Phi) is 3.13. The molecule has 0 spiro atoms. The summed E-state index contributed by atoms with van der Waals surface area (Å²) in [6, 6.07) is 10.7. The van der Waals surface area contributed by atoms with Gasteiger partial charge in [-0.05, 0) is 5.56 Å². The van der Waals surface area contributed by atoms with Crippen LogP contribution >= 0.6 is 21.3 Å². The maximum atomic E-state index is 5.97. The summed E-state index contributed by atoms with van der Waals surface area (Å²) < 4.78 is 14.1. The number of likely N-dealkylation sites (tertiary alicyclic amines) is 1. The van der Waals surface area contributed by atoms with Gasteiger partial charge in [0.15, 0.2) is 0 Å². The maximum Gasteiger partial charge on any atom is 0.118 e. The third kappa shape index (κ3) is 2.23. The normalized spacial score (nSPS) is 29.7. The van der Waals surface area contributed by atoms with Crippen molar-refractivity contribution in [1.82, 2.24) is 8.43 Å². The number of fused-ring (bicyclic) bond motifs is 2. The highest BCUT2D eigenvalue weighted by Gasteiger charge is 2.41. The molecular formula is C14H16IN3O. The molecule has 4 nitrogen and oxygen atoms in total. The Balaban J connectivity index is 1.49. The van der Waals surface area contributed by atoms with E-state index in [1.54, 1.807) is 0 Å². The molecule has 0 aliphatic carbocycles. The van der Waals surface area contributed by atoms with E-state index in [0.29, 0.717) is 18.6 Å². The lowest BCUT2D eigenvalue weighted by Crippen LogP contribution is -2.32. The topological polar surface area (TPSA) is 36.9 Å². The molecule has 3 aliphatic heterocycles. The molecule has 1 aromatic rings. The Morgan fingerprint density at radius 3 is 3.11 bits per heavy atom. The molecule has 0 saturated carbocycles. The molecule has 1 N–H and O–H groups in total. The lowest BCUT2D eigenvalue weighted by Gasteiger charge is -2.25. The first-order chi connectivity index (χ1) is 9.40. The highest BCUT2D eigenvalue weighted by molar-refractivity contribution is 14.1. The zero-order valence-electron chi connectivity index (χ0n) is 10.6. The molecule has 3 heterocycles. The van der Waals surface area contributed by atoms with E-state index in [-0.39, 0.29) is 21.3 Å².